The van der Waals surface area contributed by atoms with Crippen LogP contribution in [0.25, 0.3) is 21.5 Å². The van der Waals surface area contributed by atoms with E-state index in [1.807, 2.05) is 0 Å². The van der Waals surface area contributed by atoms with Gasteiger partial charge >= 0.3 is 0 Å². The van der Waals surface area contributed by atoms with Crippen molar-refractivity contribution in [2.75, 3.05) is 0 Å². The molecule has 3 aromatic rings. The molecule has 0 aliphatic rings. The molecule has 3 rings (SSSR count). The van der Waals surface area contributed by atoms with Crippen molar-refractivity contribution in [3.05, 3.63) is 59.7 Å². The third kappa shape index (κ3) is 1.69. The maximum absolute atomic E-state index is 2.34. The highest BCUT2D eigenvalue weighted by Gasteiger charge is 2.09. The average molecular weight is 234 g/mol. The van der Waals surface area contributed by atoms with E-state index < -0.39 is 0 Å². The molecule has 0 aromatic heterocycles. The van der Waals surface area contributed by atoms with Gasteiger partial charge in [-0.3, -0.25) is 0 Å². The summed E-state index contributed by atoms with van der Waals surface area (Å²) in [6.07, 6.45) is 0. The van der Waals surface area contributed by atoms with Gasteiger partial charge in [0.15, 0.2) is 0 Å². The van der Waals surface area contributed by atoms with Gasteiger partial charge in [-0.2, -0.15) is 0 Å². The van der Waals surface area contributed by atoms with E-state index >= 15 is 0 Å². The third-order valence-corrected chi connectivity index (χ3v) is 3.67. The molecule has 0 spiro atoms. The fraction of sp³-hybridized carbons (Fsp3) is 0.222. The second-order valence-electron chi connectivity index (χ2n) is 5.39. The highest BCUT2D eigenvalue weighted by atomic mass is 14.1. The summed E-state index contributed by atoms with van der Waals surface area (Å²) >= 11 is 0. The quantitative estimate of drug-likeness (QED) is 0.493. The van der Waals surface area contributed by atoms with Crippen molar-refractivity contribution in [2.24, 2.45) is 0 Å². The monoisotopic (exact) mass is 234 g/mol. The van der Waals surface area contributed by atoms with E-state index in [1.54, 1.807) is 0 Å². The van der Waals surface area contributed by atoms with Gasteiger partial charge in [0.05, 0.1) is 0 Å². The van der Waals surface area contributed by atoms with Crippen molar-refractivity contribution in [2.45, 2.75) is 26.7 Å². The third-order valence-electron chi connectivity index (χ3n) is 3.67. The lowest BCUT2D eigenvalue weighted by atomic mass is 9.91. The fourth-order valence-corrected chi connectivity index (χ4v) is 2.72. The molecule has 0 heterocycles. The lowest BCUT2D eigenvalue weighted by Crippen LogP contribution is -1.91. The second kappa shape index (κ2) is 4.13. The Hall–Kier alpha value is -1.82. The van der Waals surface area contributed by atoms with Gasteiger partial charge < -0.3 is 0 Å². The van der Waals surface area contributed by atoms with Gasteiger partial charge in [0.1, 0.15) is 0 Å². The number of benzene rings is 3. The van der Waals surface area contributed by atoms with Crippen LogP contribution in [-0.2, 0) is 0 Å². The minimum atomic E-state index is 0.555. The molecule has 0 radical (unpaired) electrons. The van der Waals surface area contributed by atoms with E-state index in [9.17, 15) is 0 Å². The van der Waals surface area contributed by atoms with Crippen molar-refractivity contribution in [1.82, 2.24) is 0 Å². The Morgan fingerprint density at radius 1 is 0.778 bits per heavy atom. The van der Waals surface area contributed by atoms with E-state index in [4.69, 9.17) is 0 Å². The van der Waals surface area contributed by atoms with Gasteiger partial charge in [0.25, 0.3) is 0 Å². The Bertz CT molecular complexity index is 721. The first kappa shape index (κ1) is 11.3. The Kier molecular flexibility index (Phi) is 2.59. The molecule has 0 saturated heterocycles. The van der Waals surface area contributed by atoms with E-state index in [0.717, 1.165) is 0 Å². The van der Waals surface area contributed by atoms with Crippen molar-refractivity contribution in [3.8, 4) is 0 Å². The topological polar surface area (TPSA) is 0 Å². The Balaban J connectivity index is 2.55. The average Bonchev–Trinajstić information content (AvgIpc) is 2.37. The largest absolute Gasteiger partial charge is 0.0616 e. The van der Waals surface area contributed by atoms with Crippen molar-refractivity contribution in [3.63, 3.8) is 0 Å². The molecule has 0 aliphatic heterocycles. The molecule has 0 saturated carbocycles. The molecule has 3 aromatic carbocycles. The first-order chi connectivity index (χ1) is 8.66. The molecule has 0 heteroatoms. The summed E-state index contributed by atoms with van der Waals surface area (Å²) in [5, 5.41) is 5.49. The predicted molar refractivity (Wildman–Crippen MR) is 80.3 cm³/mol. The van der Waals surface area contributed by atoms with Crippen LogP contribution >= 0.6 is 0 Å². The maximum atomic E-state index is 2.34. The summed E-state index contributed by atoms with van der Waals surface area (Å²) in [5.74, 6) is 0.555. The zero-order chi connectivity index (χ0) is 12.7. The number of hydrogen-bond acceptors (Lipinski definition) is 0. The highest BCUT2D eigenvalue weighted by molar-refractivity contribution is 6.09. The van der Waals surface area contributed by atoms with E-state index in [1.165, 1.54) is 32.7 Å². The number of fused-ring (bicyclic) bond motifs is 3. The smallest absolute Gasteiger partial charge is 0.00999 e. The molecule has 0 amide bonds. The number of hydrogen-bond donors (Lipinski definition) is 0. The molecular formula is C18H18. The van der Waals surface area contributed by atoms with Crippen molar-refractivity contribution in [1.29, 1.82) is 0 Å². The maximum Gasteiger partial charge on any atom is -0.00999 e. The fourth-order valence-electron chi connectivity index (χ4n) is 2.72. The van der Waals surface area contributed by atoms with E-state index in [0.29, 0.717) is 5.92 Å². The summed E-state index contributed by atoms with van der Waals surface area (Å²) in [7, 11) is 0. The van der Waals surface area contributed by atoms with E-state index in [2.05, 4.69) is 69.3 Å². The predicted octanol–water partition coefficient (Wildman–Crippen LogP) is 5.42. The van der Waals surface area contributed by atoms with Gasteiger partial charge in [-0.1, -0.05) is 67.9 Å². The van der Waals surface area contributed by atoms with Crippen molar-refractivity contribution >= 4 is 21.5 Å². The van der Waals surface area contributed by atoms with Crippen LogP contribution in [0.3, 0.4) is 0 Å². The Labute approximate surface area is 108 Å². The molecule has 0 unspecified atom stereocenters. The molecule has 90 valence electrons. The van der Waals surface area contributed by atoms with Gasteiger partial charge in [0.2, 0.25) is 0 Å². The molecule has 0 aliphatic carbocycles. The summed E-state index contributed by atoms with van der Waals surface area (Å²) in [5.41, 5.74) is 2.78. The van der Waals surface area contributed by atoms with Crippen LogP contribution in [0.2, 0.25) is 0 Å². The first-order valence-corrected chi connectivity index (χ1v) is 6.59. The standard InChI is InChI=1S/C18H18/c1-12(2)17-11-14-6-4-5-7-15(14)18-10-13(3)8-9-16(17)18/h4-12H,1-3H3. The van der Waals surface area contributed by atoms with Gasteiger partial charge in [-0.25, -0.2) is 0 Å². The van der Waals surface area contributed by atoms with Crippen molar-refractivity contribution < 1.29 is 0 Å². The van der Waals surface area contributed by atoms with Gasteiger partial charge in [-0.05, 0) is 39.9 Å². The summed E-state index contributed by atoms with van der Waals surface area (Å²) in [6.45, 7) is 6.70. The minimum absolute atomic E-state index is 0.555. The molecular weight excluding hydrogens is 216 g/mol. The lowest BCUT2D eigenvalue weighted by molar-refractivity contribution is 0.878. The summed E-state index contributed by atoms with van der Waals surface area (Å²) < 4.78 is 0. The minimum Gasteiger partial charge on any atom is -0.0616 e. The summed E-state index contributed by atoms with van der Waals surface area (Å²) in [6, 6.07) is 17.8. The highest BCUT2D eigenvalue weighted by Crippen LogP contribution is 2.33. The molecule has 18 heavy (non-hydrogen) atoms. The van der Waals surface area contributed by atoms with Crippen LogP contribution in [0.4, 0.5) is 0 Å². The zero-order valence-electron chi connectivity index (χ0n) is 11.2. The second-order valence-corrected chi connectivity index (χ2v) is 5.39. The normalized spacial score (nSPS) is 11.6. The van der Waals surface area contributed by atoms with Gasteiger partial charge in [0, 0.05) is 0 Å². The first-order valence-electron chi connectivity index (χ1n) is 6.59. The Morgan fingerprint density at radius 3 is 2.33 bits per heavy atom. The zero-order valence-corrected chi connectivity index (χ0v) is 11.2. The molecule has 0 N–H and O–H groups in total. The molecule has 0 atom stereocenters. The van der Waals surface area contributed by atoms with Crippen LogP contribution in [0.1, 0.15) is 30.9 Å². The van der Waals surface area contributed by atoms with Crippen LogP contribution in [0, 0.1) is 6.92 Å². The van der Waals surface area contributed by atoms with Crippen LogP contribution in [0.5, 0.6) is 0 Å². The Morgan fingerprint density at radius 2 is 1.56 bits per heavy atom. The number of aryl methyl sites for hydroxylation is 1. The molecule has 0 bridgehead atoms. The lowest BCUT2D eigenvalue weighted by Gasteiger charge is -2.13. The number of rotatable bonds is 1. The molecule has 0 nitrogen and oxygen atoms in total. The summed E-state index contributed by atoms with van der Waals surface area (Å²) in [4.78, 5) is 0. The van der Waals surface area contributed by atoms with E-state index in [-0.39, 0.29) is 0 Å². The van der Waals surface area contributed by atoms with Crippen LogP contribution in [0.15, 0.2) is 48.5 Å². The van der Waals surface area contributed by atoms with Crippen LogP contribution < -0.4 is 0 Å². The van der Waals surface area contributed by atoms with Gasteiger partial charge in [-0.15, -0.1) is 0 Å². The van der Waals surface area contributed by atoms with Crippen LogP contribution in [-0.4, -0.2) is 0 Å². The SMILES string of the molecule is Cc1ccc2c(C(C)C)cc3ccccc3c2c1. The molecule has 0 fully saturated rings.